The van der Waals surface area contributed by atoms with Crippen LogP contribution in [0.1, 0.15) is 51.1 Å². The second-order valence-electron chi connectivity index (χ2n) is 6.06. The van der Waals surface area contributed by atoms with Crippen LogP contribution in [0.3, 0.4) is 0 Å². The largest absolute Gasteiger partial charge is 0.451 e. The van der Waals surface area contributed by atoms with E-state index < -0.39 is 12.1 Å². The molecule has 128 valence electrons. The first-order valence-corrected chi connectivity index (χ1v) is 9.00. The van der Waals surface area contributed by atoms with Gasteiger partial charge in [0.2, 0.25) is 0 Å². The topological polar surface area (TPSA) is 77.4 Å². The van der Waals surface area contributed by atoms with Gasteiger partial charge in [0, 0.05) is 17.1 Å². The Morgan fingerprint density at radius 2 is 2.00 bits per heavy atom. The van der Waals surface area contributed by atoms with Crippen LogP contribution < -0.4 is 10.2 Å². The van der Waals surface area contributed by atoms with Crippen molar-refractivity contribution >= 4 is 23.2 Å². The number of nitrogens with one attached hydrogen (secondary N) is 1. The molecule has 1 amide bonds. The molecular formula is C16H24N2O4S. The van der Waals surface area contributed by atoms with Gasteiger partial charge in [-0.3, -0.25) is 19.0 Å². The zero-order chi connectivity index (χ0) is 16.8. The van der Waals surface area contributed by atoms with Crippen LogP contribution in [-0.2, 0) is 20.9 Å². The lowest BCUT2D eigenvalue weighted by molar-refractivity contribution is -0.155. The number of carbonyl (C=O) groups is 2. The van der Waals surface area contributed by atoms with Gasteiger partial charge in [0.05, 0.1) is 0 Å². The van der Waals surface area contributed by atoms with E-state index in [1.165, 1.54) is 17.4 Å². The zero-order valence-electron chi connectivity index (χ0n) is 13.7. The van der Waals surface area contributed by atoms with E-state index in [9.17, 15) is 14.4 Å². The smallest absolute Gasteiger partial charge is 0.326 e. The molecule has 1 N–H and O–H groups in total. The number of ether oxygens (including phenoxy) is 1. The van der Waals surface area contributed by atoms with Crippen LogP contribution >= 0.6 is 11.3 Å². The van der Waals surface area contributed by atoms with Crippen LogP contribution in [0.5, 0.6) is 0 Å². The van der Waals surface area contributed by atoms with Gasteiger partial charge in [-0.25, -0.2) is 0 Å². The third-order valence-corrected chi connectivity index (χ3v) is 5.02. The van der Waals surface area contributed by atoms with Crippen molar-refractivity contribution in [3.63, 3.8) is 0 Å². The normalized spacial score (nSPS) is 17.3. The Bertz CT molecular complexity index is 599. The summed E-state index contributed by atoms with van der Waals surface area (Å²) in [5.74, 6) is -0.836. The molecule has 0 unspecified atom stereocenters. The molecule has 1 saturated carbocycles. The van der Waals surface area contributed by atoms with E-state index in [4.69, 9.17) is 4.74 Å². The van der Waals surface area contributed by atoms with Crippen molar-refractivity contribution < 1.29 is 14.3 Å². The predicted molar refractivity (Wildman–Crippen MR) is 88.5 cm³/mol. The van der Waals surface area contributed by atoms with Gasteiger partial charge in [0.25, 0.3) is 5.91 Å². The molecule has 0 bridgehead atoms. The SMILES string of the molecule is Cc1csc(=O)n1CC(=O)O[C@@H](C)C(=O)NC1CCCCCC1. The van der Waals surface area contributed by atoms with Crippen LogP contribution in [-0.4, -0.2) is 28.6 Å². The molecule has 1 aromatic heterocycles. The summed E-state index contributed by atoms with van der Waals surface area (Å²) >= 11 is 1.04. The lowest BCUT2D eigenvalue weighted by Gasteiger charge is -2.19. The minimum atomic E-state index is -0.847. The number of nitrogens with zero attached hydrogens (tertiary/aromatic N) is 1. The number of carbonyl (C=O) groups excluding carboxylic acids is 2. The van der Waals surface area contributed by atoms with E-state index in [-0.39, 0.29) is 23.4 Å². The van der Waals surface area contributed by atoms with E-state index in [2.05, 4.69) is 5.32 Å². The first kappa shape index (κ1) is 17.7. The third kappa shape index (κ3) is 5.20. The maximum absolute atomic E-state index is 12.1. The second kappa shape index (κ2) is 8.29. The number of rotatable bonds is 5. The van der Waals surface area contributed by atoms with Crippen LogP contribution in [0.25, 0.3) is 0 Å². The van der Waals surface area contributed by atoms with Crippen molar-refractivity contribution in [3.8, 4) is 0 Å². The van der Waals surface area contributed by atoms with Gasteiger partial charge >= 0.3 is 10.8 Å². The van der Waals surface area contributed by atoms with Gasteiger partial charge < -0.3 is 10.1 Å². The van der Waals surface area contributed by atoms with Gasteiger partial charge in [0.1, 0.15) is 6.54 Å². The van der Waals surface area contributed by atoms with Crippen molar-refractivity contribution in [2.45, 2.75) is 71.1 Å². The highest BCUT2D eigenvalue weighted by Crippen LogP contribution is 2.17. The molecule has 0 spiro atoms. The van der Waals surface area contributed by atoms with Crippen molar-refractivity contribution in [1.29, 1.82) is 0 Å². The number of esters is 1. The Kier molecular flexibility index (Phi) is 6.38. The van der Waals surface area contributed by atoms with E-state index in [0.29, 0.717) is 5.69 Å². The molecule has 0 radical (unpaired) electrons. The van der Waals surface area contributed by atoms with E-state index in [1.807, 2.05) is 0 Å². The first-order chi connectivity index (χ1) is 11.0. The first-order valence-electron chi connectivity index (χ1n) is 8.12. The van der Waals surface area contributed by atoms with Gasteiger partial charge in [-0.05, 0) is 26.7 Å². The second-order valence-corrected chi connectivity index (χ2v) is 6.88. The van der Waals surface area contributed by atoms with Gasteiger partial charge in [-0.15, -0.1) is 0 Å². The third-order valence-electron chi connectivity index (χ3n) is 4.14. The molecule has 2 rings (SSSR count). The van der Waals surface area contributed by atoms with Crippen molar-refractivity contribution in [2.75, 3.05) is 0 Å². The lowest BCUT2D eigenvalue weighted by Crippen LogP contribution is -2.42. The minimum absolute atomic E-state index is 0.158. The Balaban J connectivity index is 1.82. The summed E-state index contributed by atoms with van der Waals surface area (Å²) in [5, 5.41) is 4.66. The van der Waals surface area contributed by atoms with Crippen LogP contribution in [0.2, 0.25) is 0 Å². The summed E-state index contributed by atoms with van der Waals surface area (Å²) in [5.41, 5.74) is 0.715. The Morgan fingerprint density at radius 1 is 1.35 bits per heavy atom. The van der Waals surface area contributed by atoms with Crippen LogP contribution in [0.4, 0.5) is 0 Å². The Hall–Kier alpha value is -1.63. The molecule has 1 aromatic rings. The molecule has 1 heterocycles. The van der Waals surface area contributed by atoms with E-state index in [0.717, 1.165) is 37.0 Å². The maximum atomic E-state index is 12.1. The van der Waals surface area contributed by atoms with Gasteiger partial charge in [-0.2, -0.15) is 0 Å². The zero-order valence-corrected chi connectivity index (χ0v) is 14.5. The average Bonchev–Trinajstić information content (AvgIpc) is 2.72. The standard InChI is InChI=1S/C16H24N2O4S/c1-11-10-23-16(21)18(11)9-14(19)22-12(2)15(20)17-13-7-5-3-4-6-8-13/h10,12-13H,3-9H2,1-2H3,(H,17,20)/t12-/m0/s1. The molecule has 6 nitrogen and oxygen atoms in total. The van der Waals surface area contributed by atoms with Gasteiger partial charge in [-0.1, -0.05) is 37.0 Å². The summed E-state index contributed by atoms with van der Waals surface area (Å²) in [6.07, 6.45) is 5.79. The van der Waals surface area contributed by atoms with E-state index >= 15 is 0 Å². The summed E-state index contributed by atoms with van der Waals surface area (Å²) in [7, 11) is 0. The summed E-state index contributed by atoms with van der Waals surface area (Å²) in [6, 6.07) is 0.174. The molecule has 1 fully saturated rings. The summed E-state index contributed by atoms with van der Waals surface area (Å²) in [6.45, 7) is 3.16. The fourth-order valence-electron chi connectivity index (χ4n) is 2.76. The highest BCUT2D eigenvalue weighted by atomic mass is 32.1. The maximum Gasteiger partial charge on any atom is 0.326 e. The molecule has 0 aromatic carbocycles. The molecule has 23 heavy (non-hydrogen) atoms. The van der Waals surface area contributed by atoms with Crippen molar-refractivity contribution in [2.24, 2.45) is 0 Å². The molecule has 1 aliphatic carbocycles. The molecule has 1 atom stereocenters. The number of aryl methyl sites for hydroxylation is 1. The molecule has 7 heteroatoms. The Labute approximate surface area is 139 Å². The fraction of sp³-hybridized carbons (Fsp3) is 0.688. The number of aromatic nitrogens is 1. The number of hydrogen-bond donors (Lipinski definition) is 1. The number of hydrogen-bond acceptors (Lipinski definition) is 5. The van der Waals surface area contributed by atoms with Crippen LogP contribution in [0.15, 0.2) is 10.2 Å². The van der Waals surface area contributed by atoms with E-state index in [1.54, 1.807) is 19.2 Å². The van der Waals surface area contributed by atoms with Crippen molar-refractivity contribution in [1.82, 2.24) is 9.88 Å². The quantitative estimate of drug-likeness (QED) is 0.657. The summed E-state index contributed by atoms with van der Waals surface area (Å²) in [4.78, 5) is 35.4. The summed E-state index contributed by atoms with van der Waals surface area (Å²) < 4.78 is 6.51. The Morgan fingerprint density at radius 3 is 2.57 bits per heavy atom. The molecule has 0 aliphatic heterocycles. The number of amides is 1. The van der Waals surface area contributed by atoms with Crippen LogP contribution in [0, 0.1) is 6.92 Å². The van der Waals surface area contributed by atoms with Crippen molar-refractivity contribution in [3.05, 3.63) is 20.7 Å². The molecular weight excluding hydrogens is 316 g/mol. The number of thiazole rings is 1. The van der Waals surface area contributed by atoms with Gasteiger partial charge in [0.15, 0.2) is 6.10 Å². The minimum Gasteiger partial charge on any atom is -0.451 e. The average molecular weight is 340 g/mol. The highest BCUT2D eigenvalue weighted by Gasteiger charge is 2.22. The predicted octanol–water partition coefficient (Wildman–Crippen LogP) is 1.99. The molecule has 1 aliphatic rings. The highest BCUT2D eigenvalue weighted by molar-refractivity contribution is 7.07. The lowest BCUT2D eigenvalue weighted by atomic mass is 10.1. The fourth-order valence-corrected chi connectivity index (χ4v) is 3.49. The monoisotopic (exact) mass is 340 g/mol. The molecule has 0 saturated heterocycles.